The lowest BCUT2D eigenvalue weighted by atomic mass is 9.90. The minimum atomic E-state index is -0.329. The average Bonchev–Trinajstić information content (AvgIpc) is 3.33. The Morgan fingerprint density at radius 2 is 1.66 bits per heavy atom. The number of benzene rings is 3. The molecule has 6 nitrogen and oxygen atoms in total. The molecule has 170 valence electrons. The van der Waals surface area contributed by atoms with Crippen LogP contribution in [0, 0.1) is 0 Å². The highest BCUT2D eigenvalue weighted by Crippen LogP contribution is 2.38. The van der Waals surface area contributed by atoms with Crippen LogP contribution < -0.4 is 5.56 Å². The molecular formula is C29H22N4O2. The highest BCUT2D eigenvalue weighted by Gasteiger charge is 2.34. The Kier molecular flexibility index (Phi) is 4.99. The summed E-state index contributed by atoms with van der Waals surface area (Å²) in [6, 6.07) is 27.1. The average molecular weight is 459 g/mol. The van der Waals surface area contributed by atoms with Crippen molar-refractivity contribution in [3.8, 4) is 11.1 Å². The van der Waals surface area contributed by atoms with Crippen molar-refractivity contribution in [3.63, 3.8) is 0 Å². The van der Waals surface area contributed by atoms with Gasteiger partial charge in [0.15, 0.2) is 0 Å². The number of hydrogen-bond acceptors (Lipinski definition) is 4. The number of para-hydroxylation sites is 1. The van der Waals surface area contributed by atoms with Crippen LogP contribution in [0.4, 0.5) is 0 Å². The lowest BCUT2D eigenvalue weighted by Crippen LogP contribution is -2.24. The molecule has 0 aliphatic carbocycles. The van der Waals surface area contributed by atoms with Gasteiger partial charge >= 0.3 is 0 Å². The molecule has 1 aliphatic rings. The zero-order chi connectivity index (χ0) is 23.9. The van der Waals surface area contributed by atoms with Gasteiger partial charge in [0.05, 0.1) is 22.8 Å². The van der Waals surface area contributed by atoms with Crippen molar-refractivity contribution in [2.75, 3.05) is 0 Å². The summed E-state index contributed by atoms with van der Waals surface area (Å²) in [7, 11) is 0. The van der Waals surface area contributed by atoms with Gasteiger partial charge in [0.2, 0.25) is 5.91 Å². The van der Waals surface area contributed by atoms with Crippen molar-refractivity contribution in [2.24, 2.45) is 5.10 Å². The number of amides is 1. The first-order chi connectivity index (χ1) is 17.1. The van der Waals surface area contributed by atoms with E-state index in [1.807, 2.05) is 84.9 Å². The molecule has 6 rings (SSSR count). The summed E-state index contributed by atoms with van der Waals surface area (Å²) in [5.74, 6) is -0.177. The molecule has 0 fully saturated rings. The normalized spacial score (nSPS) is 15.5. The summed E-state index contributed by atoms with van der Waals surface area (Å²) in [6.45, 7) is 1.51. The van der Waals surface area contributed by atoms with Crippen molar-refractivity contribution < 1.29 is 4.79 Å². The predicted octanol–water partition coefficient (Wildman–Crippen LogP) is 5.44. The summed E-state index contributed by atoms with van der Waals surface area (Å²) in [5.41, 5.74) is 5.22. The predicted molar refractivity (Wildman–Crippen MR) is 138 cm³/mol. The third-order valence-electron chi connectivity index (χ3n) is 6.54. The molecule has 6 heteroatoms. The van der Waals surface area contributed by atoms with E-state index in [0.717, 1.165) is 38.5 Å². The van der Waals surface area contributed by atoms with E-state index < -0.39 is 0 Å². The number of carbonyl (C=O) groups excluding carboxylic acids is 1. The summed E-state index contributed by atoms with van der Waals surface area (Å²) < 4.78 is 0. The van der Waals surface area contributed by atoms with Crippen LogP contribution in [0.2, 0.25) is 0 Å². The van der Waals surface area contributed by atoms with Crippen LogP contribution in [0.5, 0.6) is 0 Å². The molecule has 1 amide bonds. The Morgan fingerprint density at radius 1 is 0.886 bits per heavy atom. The summed E-state index contributed by atoms with van der Waals surface area (Å²) in [6.07, 6.45) is 2.18. The molecule has 35 heavy (non-hydrogen) atoms. The van der Waals surface area contributed by atoms with Crippen molar-refractivity contribution >= 4 is 33.4 Å². The first-order valence-electron chi connectivity index (χ1n) is 11.5. The zero-order valence-corrected chi connectivity index (χ0v) is 19.1. The second-order valence-corrected chi connectivity index (χ2v) is 8.66. The molecule has 1 aliphatic heterocycles. The third kappa shape index (κ3) is 3.51. The summed E-state index contributed by atoms with van der Waals surface area (Å²) >= 11 is 0. The molecule has 0 saturated heterocycles. The van der Waals surface area contributed by atoms with Crippen LogP contribution in [0.1, 0.15) is 30.5 Å². The number of fused-ring (bicyclic) bond motifs is 2. The number of hydrogen-bond donors (Lipinski definition) is 1. The fourth-order valence-corrected chi connectivity index (χ4v) is 5.03. The zero-order valence-electron chi connectivity index (χ0n) is 19.1. The second kappa shape index (κ2) is 8.33. The van der Waals surface area contributed by atoms with Gasteiger partial charge in [-0.05, 0) is 29.3 Å². The van der Waals surface area contributed by atoms with Gasteiger partial charge in [-0.15, -0.1) is 0 Å². The highest BCUT2D eigenvalue weighted by atomic mass is 16.2. The molecule has 2 aromatic heterocycles. The van der Waals surface area contributed by atoms with Gasteiger partial charge in [-0.2, -0.15) is 5.10 Å². The Morgan fingerprint density at radius 3 is 2.49 bits per heavy atom. The van der Waals surface area contributed by atoms with E-state index in [0.29, 0.717) is 17.7 Å². The fourth-order valence-electron chi connectivity index (χ4n) is 5.03. The SMILES string of the molecule is CC(=O)N1N=C(c2c(-c3ccccc3)c3ccccc3[nH]c2=O)C[C@H]1c1cccc2ncccc12. The summed E-state index contributed by atoms with van der Waals surface area (Å²) in [4.78, 5) is 33.7. The first-order valence-corrected chi connectivity index (χ1v) is 11.5. The number of rotatable bonds is 3. The largest absolute Gasteiger partial charge is 0.321 e. The standard InChI is InChI=1S/C29H22N4O2/c1-18(34)33-26(21-12-7-15-23-20(21)13-8-16-30-23)17-25(32-33)28-27(19-9-3-2-4-10-19)22-11-5-6-14-24(22)31-29(28)35/h2-16,26H,17H2,1H3,(H,31,35)/t26-/m0/s1. The molecule has 0 unspecified atom stereocenters. The molecule has 0 bridgehead atoms. The van der Waals surface area contributed by atoms with Gasteiger partial charge in [-0.3, -0.25) is 14.6 Å². The van der Waals surface area contributed by atoms with Crippen LogP contribution >= 0.6 is 0 Å². The van der Waals surface area contributed by atoms with Gasteiger partial charge in [0.25, 0.3) is 5.56 Å². The van der Waals surface area contributed by atoms with Crippen LogP contribution in [0.3, 0.4) is 0 Å². The molecule has 0 spiro atoms. The van der Waals surface area contributed by atoms with E-state index in [1.165, 1.54) is 11.9 Å². The van der Waals surface area contributed by atoms with E-state index in [9.17, 15) is 9.59 Å². The van der Waals surface area contributed by atoms with Gasteiger partial charge in [-0.25, -0.2) is 5.01 Å². The summed E-state index contributed by atoms with van der Waals surface area (Å²) in [5, 5.41) is 8.14. The first kappa shape index (κ1) is 21.0. The van der Waals surface area contributed by atoms with Crippen LogP contribution in [-0.2, 0) is 4.79 Å². The van der Waals surface area contributed by atoms with E-state index in [-0.39, 0.29) is 17.5 Å². The number of pyridine rings is 2. The quantitative estimate of drug-likeness (QED) is 0.391. The van der Waals surface area contributed by atoms with E-state index in [2.05, 4.69) is 9.97 Å². The van der Waals surface area contributed by atoms with Crippen LogP contribution in [0.15, 0.2) is 101 Å². The number of aromatic amines is 1. The number of nitrogens with one attached hydrogen (secondary N) is 1. The van der Waals surface area contributed by atoms with E-state index in [1.54, 1.807) is 6.20 Å². The molecule has 3 aromatic carbocycles. The van der Waals surface area contributed by atoms with Gasteiger partial charge in [-0.1, -0.05) is 66.7 Å². The Balaban J connectivity index is 1.57. The van der Waals surface area contributed by atoms with E-state index >= 15 is 0 Å². The Labute approximate surface area is 201 Å². The van der Waals surface area contributed by atoms with Crippen molar-refractivity contribution in [2.45, 2.75) is 19.4 Å². The number of H-pyrrole nitrogens is 1. The molecule has 1 N–H and O–H groups in total. The smallest absolute Gasteiger partial charge is 0.258 e. The lowest BCUT2D eigenvalue weighted by molar-refractivity contribution is -0.130. The van der Waals surface area contributed by atoms with Gasteiger partial charge in [0, 0.05) is 41.4 Å². The third-order valence-corrected chi connectivity index (χ3v) is 6.54. The molecule has 3 heterocycles. The molecule has 1 atom stereocenters. The molecule has 0 radical (unpaired) electrons. The minimum Gasteiger partial charge on any atom is -0.321 e. The maximum atomic E-state index is 13.5. The van der Waals surface area contributed by atoms with Crippen LogP contribution in [0.25, 0.3) is 32.9 Å². The minimum absolute atomic E-state index is 0.177. The number of carbonyl (C=O) groups is 1. The fraction of sp³-hybridized carbons (Fsp3) is 0.103. The lowest BCUT2D eigenvalue weighted by Gasteiger charge is -2.21. The monoisotopic (exact) mass is 458 g/mol. The maximum Gasteiger partial charge on any atom is 0.258 e. The highest BCUT2D eigenvalue weighted by molar-refractivity contribution is 6.13. The Hall–Kier alpha value is -4.58. The van der Waals surface area contributed by atoms with Crippen molar-refractivity contribution in [3.05, 3.63) is 113 Å². The number of hydrazone groups is 1. The molecule has 0 saturated carbocycles. The maximum absolute atomic E-state index is 13.5. The van der Waals surface area contributed by atoms with Crippen LogP contribution in [-0.4, -0.2) is 26.6 Å². The topological polar surface area (TPSA) is 78.4 Å². The van der Waals surface area contributed by atoms with Crippen molar-refractivity contribution in [1.29, 1.82) is 0 Å². The van der Waals surface area contributed by atoms with Gasteiger partial charge < -0.3 is 4.98 Å². The Bertz CT molecular complexity index is 1680. The van der Waals surface area contributed by atoms with Gasteiger partial charge in [0.1, 0.15) is 0 Å². The van der Waals surface area contributed by atoms with E-state index in [4.69, 9.17) is 5.10 Å². The number of nitrogens with zero attached hydrogens (tertiary/aromatic N) is 3. The molecular weight excluding hydrogens is 436 g/mol. The number of aromatic nitrogens is 2. The second-order valence-electron chi connectivity index (χ2n) is 8.66. The molecule has 5 aromatic rings. The van der Waals surface area contributed by atoms with Crippen molar-refractivity contribution in [1.82, 2.24) is 15.0 Å².